The minimum atomic E-state index is -1.46. The second-order valence-corrected chi connectivity index (χ2v) is 4.28. The summed E-state index contributed by atoms with van der Waals surface area (Å²) in [6, 6.07) is 7.09. The van der Waals surface area contributed by atoms with Crippen molar-refractivity contribution in [1.29, 1.82) is 0 Å². The van der Waals surface area contributed by atoms with Gasteiger partial charge in [0.05, 0.1) is 7.11 Å². The highest BCUT2D eigenvalue weighted by Gasteiger charge is 2.15. The summed E-state index contributed by atoms with van der Waals surface area (Å²) in [5.41, 5.74) is 1.29. The molecule has 0 saturated heterocycles. The van der Waals surface area contributed by atoms with Crippen LogP contribution in [0.15, 0.2) is 30.3 Å². The zero-order chi connectivity index (χ0) is 14.7. The molecule has 2 aromatic carbocycles. The van der Waals surface area contributed by atoms with Gasteiger partial charge in [-0.2, -0.15) is 0 Å². The molecule has 0 aromatic heterocycles. The number of nitrogens with one attached hydrogen (secondary N) is 1. The predicted octanol–water partition coefficient (Wildman–Crippen LogP) is 3.50. The van der Waals surface area contributed by atoms with Crippen LogP contribution >= 0.6 is 0 Å². The third-order valence-corrected chi connectivity index (χ3v) is 2.99. The molecule has 2 aromatic rings. The van der Waals surface area contributed by atoms with Gasteiger partial charge < -0.3 is 10.1 Å². The van der Waals surface area contributed by atoms with Crippen LogP contribution in [0.5, 0.6) is 5.75 Å². The summed E-state index contributed by atoms with van der Waals surface area (Å²) in [5.74, 6) is -3.21. The van der Waals surface area contributed by atoms with Crippen LogP contribution < -0.4 is 10.1 Å². The fourth-order valence-electron chi connectivity index (χ4n) is 2.02. The molecule has 0 unspecified atom stereocenters. The molecule has 0 spiro atoms. The monoisotopic (exact) mass is 281 g/mol. The van der Waals surface area contributed by atoms with Crippen molar-refractivity contribution in [2.45, 2.75) is 6.54 Å². The van der Waals surface area contributed by atoms with Crippen molar-refractivity contribution in [3.8, 4) is 16.9 Å². The summed E-state index contributed by atoms with van der Waals surface area (Å²) in [7, 11) is 3.30. The molecule has 0 amide bonds. The maximum Gasteiger partial charge on any atom is 0.195 e. The lowest BCUT2D eigenvalue weighted by molar-refractivity contribution is 0.408. The Morgan fingerprint density at radius 3 is 2.45 bits per heavy atom. The van der Waals surface area contributed by atoms with Gasteiger partial charge in [-0.15, -0.1) is 0 Å². The van der Waals surface area contributed by atoms with Crippen LogP contribution in [-0.2, 0) is 6.54 Å². The van der Waals surface area contributed by atoms with Gasteiger partial charge in [0.2, 0.25) is 0 Å². The van der Waals surface area contributed by atoms with Crippen LogP contribution in [-0.4, -0.2) is 14.2 Å². The Kier molecular flexibility index (Phi) is 4.29. The van der Waals surface area contributed by atoms with Gasteiger partial charge in [0.25, 0.3) is 0 Å². The lowest BCUT2D eigenvalue weighted by Crippen LogP contribution is -2.07. The smallest absolute Gasteiger partial charge is 0.195 e. The molecule has 20 heavy (non-hydrogen) atoms. The van der Waals surface area contributed by atoms with Gasteiger partial charge in [-0.1, -0.05) is 6.07 Å². The summed E-state index contributed by atoms with van der Waals surface area (Å²) in [6.45, 7) is 0.516. The Bertz CT molecular complexity index is 629. The van der Waals surface area contributed by atoms with E-state index < -0.39 is 17.5 Å². The summed E-state index contributed by atoms with van der Waals surface area (Å²) in [4.78, 5) is 0. The van der Waals surface area contributed by atoms with Crippen molar-refractivity contribution in [2.24, 2.45) is 0 Å². The number of rotatable bonds is 4. The largest absolute Gasteiger partial charge is 0.496 e. The van der Waals surface area contributed by atoms with E-state index >= 15 is 0 Å². The molecule has 1 N–H and O–H groups in total. The van der Waals surface area contributed by atoms with Gasteiger partial charge in [0.15, 0.2) is 17.5 Å². The maximum atomic E-state index is 13.8. The number of ether oxygens (including phenoxy) is 1. The van der Waals surface area contributed by atoms with Crippen LogP contribution in [0.25, 0.3) is 11.1 Å². The van der Waals surface area contributed by atoms with Crippen LogP contribution in [0.4, 0.5) is 13.2 Å². The summed E-state index contributed by atoms with van der Waals surface area (Å²) < 4.78 is 45.2. The van der Waals surface area contributed by atoms with Crippen molar-refractivity contribution < 1.29 is 17.9 Å². The normalized spacial score (nSPS) is 10.7. The van der Waals surface area contributed by atoms with E-state index in [-0.39, 0.29) is 5.56 Å². The maximum absolute atomic E-state index is 13.8. The SMILES string of the molecule is CNCc1cc(-c2ccc(F)c(F)c2F)ccc1OC. The fourth-order valence-corrected chi connectivity index (χ4v) is 2.02. The molecule has 0 atom stereocenters. The highest BCUT2D eigenvalue weighted by atomic mass is 19.2. The molecule has 2 nitrogen and oxygen atoms in total. The molecular formula is C15H14F3NO. The van der Waals surface area contributed by atoms with Crippen molar-refractivity contribution in [1.82, 2.24) is 5.32 Å². The van der Waals surface area contributed by atoms with Crippen LogP contribution in [0.1, 0.15) is 5.56 Å². The van der Waals surface area contributed by atoms with Gasteiger partial charge in [-0.05, 0) is 36.9 Å². The second-order valence-electron chi connectivity index (χ2n) is 4.28. The van der Waals surface area contributed by atoms with E-state index in [1.165, 1.54) is 13.2 Å². The molecule has 0 bridgehead atoms. The number of methoxy groups -OCH3 is 1. The van der Waals surface area contributed by atoms with E-state index in [9.17, 15) is 13.2 Å². The second kappa shape index (κ2) is 5.96. The average molecular weight is 281 g/mol. The molecule has 2 rings (SSSR count). The molecule has 106 valence electrons. The number of hydrogen-bond donors (Lipinski definition) is 1. The summed E-state index contributed by atoms with van der Waals surface area (Å²) in [5, 5.41) is 2.96. The number of halogens is 3. The third-order valence-electron chi connectivity index (χ3n) is 2.99. The lowest BCUT2D eigenvalue weighted by Gasteiger charge is -2.11. The Hall–Kier alpha value is -2.01. The Morgan fingerprint density at radius 1 is 1.05 bits per heavy atom. The van der Waals surface area contributed by atoms with Crippen LogP contribution in [0.2, 0.25) is 0 Å². The predicted molar refractivity (Wildman–Crippen MR) is 71.1 cm³/mol. The van der Waals surface area contributed by atoms with Crippen molar-refractivity contribution in [3.05, 3.63) is 53.3 Å². The van der Waals surface area contributed by atoms with Gasteiger partial charge in [-0.3, -0.25) is 0 Å². The summed E-state index contributed by atoms with van der Waals surface area (Å²) >= 11 is 0. The van der Waals surface area contributed by atoms with Crippen LogP contribution in [0.3, 0.4) is 0 Å². The molecule has 0 aliphatic heterocycles. The fraction of sp³-hybridized carbons (Fsp3) is 0.200. The molecule has 0 fully saturated rings. The van der Waals surface area contributed by atoms with E-state index in [1.54, 1.807) is 25.2 Å². The van der Waals surface area contributed by atoms with E-state index in [1.807, 2.05) is 0 Å². The van der Waals surface area contributed by atoms with E-state index in [2.05, 4.69) is 5.32 Å². The lowest BCUT2D eigenvalue weighted by atomic mass is 10.0. The van der Waals surface area contributed by atoms with E-state index in [0.717, 1.165) is 11.6 Å². The zero-order valence-electron chi connectivity index (χ0n) is 11.1. The Labute approximate surface area is 115 Å². The average Bonchev–Trinajstić information content (AvgIpc) is 2.45. The molecule has 0 saturated carbocycles. The van der Waals surface area contributed by atoms with Crippen molar-refractivity contribution >= 4 is 0 Å². The first-order chi connectivity index (χ1) is 9.58. The van der Waals surface area contributed by atoms with E-state index in [0.29, 0.717) is 17.9 Å². The minimum absolute atomic E-state index is 0.0175. The standard InChI is InChI=1S/C15H14F3NO/c1-19-8-10-7-9(3-6-13(10)20-2)11-4-5-12(16)15(18)14(11)17/h3-7,19H,8H2,1-2H3. The number of benzene rings is 2. The zero-order valence-corrected chi connectivity index (χ0v) is 11.1. The topological polar surface area (TPSA) is 21.3 Å². The third kappa shape index (κ3) is 2.63. The van der Waals surface area contributed by atoms with Gasteiger partial charge in [-0.25, -0.2) is 13.2 Å². The number of hydrogen-bond acceptors (Lipinski definition) is 2. The summed E-state index contributed by atoms with van der Waals surface area (Å²) in [6.07, 6.45) is 0. The molecule has 0 radical (unpaired) electrons. The highest BCUT2D eigenvalue weighted by molar-refractivity contribution is 5.66. The first-order valence-corrected chi connectivity index (χ1v) is 6.04. The molecule has 5 heteroatoms. The van der Waals surface area contributed by atoms with E-state index in [4.69, 9.17) is 4.74 Å². The molecule has 0 aliphatic rings. The minimum Gasteiger partial charge on any atom is -0.496 e. The molecule has 0 aliphatic carbocycles. The molecular weight excluding hydrogens is 267 g/mol. The van der Waals surface area contributed by atoms with Gasteiger partial charge in [0.1, 0.15) is 5.75 Å². The van der Waals surface area contributed by atoms with Crippen molar-refractivity contribution in [2.75, 3.05) is 14.2 Å². The Balaban J connectivity index is 2.53. The van der Waals surface area contributed by atoms with Gasteiger partial charge >= 0.3 is 0 Å². The first-order valence-electron chi connectivity index (χ1n) is 6.04. The quantitative estimate of drug-likeness (QED) is 0.866. The highest BCUT2D eigenvalue weighted by Crippen LogP contribution is 2.30. The van der Waals surface area contributed by atoms with Crippen LogP contribution in [0, 0.1) is 17.5 Å². The first kappa shape index (κ1) is 14.4. The molecule has 0 heterocycles. The van der Waals surface area contributed by atoms with Crippen molar-refractivity contribution in [3.63, 3.8) is 0 Å². The van der Waals surface area contributed by atoms with Gasteiger partial charge in [0, 0.05) is 17.7 Å². The Morgan fingerprint density at radius 2 is 1.80 bits per heavy atom.